The lowest BCUT2D eigenvalue weighted by atomic mass is 10.2. The zero-order chi connectivity index (χ0) is 14.5. The van der Waals surface area contributed by atoms with Crippen LogP contribution in [0.25, 0.3) is 0 Å². The van der Waals surface area contributed by atoms with E-state index in [0.29, 0.717) is 5.75 Å². The molecule has 0 unspecified atom stereocenters. The molecule has 1 aliphatic heterocycles. The Bertz CT molecular complexity index is 549. The summed E-state index contributed by atoms with van der Waals surface area (Å²) in [5.41, 5.74) is 1.17. The Morgan fingerprint density at radius 2 is 1.86 bits per heavy atom. The van der Waals surface area contributed by atoms with Crippen molar-refractivity contribution in [3.8, 4) is 5.75 Å². The molecule has 1 fully saturated rings. The van der Waals surface area contributed by atoms with Gasteiger partial charge in [-0.1, -0.05) is 12.1 Å². The van der Waals surface area contributed by atoms with E-state index in [0.717, 1.165) is 45.8 Å². The van der Waals surface area contributed by atoms with Crippen LogP contribution in [0.1, 0.15) is 5.56 Å². The fraction of sp³-hybridized carbons (Fsp3) is 0.467. The van der Waals surface area contributed by atoms with E-state index in [4.69, 9.17) is 0 Å². The maximum atomic E-state index is 9.50. The number of hydrogen-bond acceptors (Lipinski definition) is 5. The van der Waals surface area contributed by atoms with Gasteiger partial charge in [0.2, 0.25) is 0 Å². The van der Waals surface area contributed by atoms with E-state index < -0.39 is 0 Å². The first-order valence-electron chi connectivity index (χ1n) is 7.34. The highest BCUT2D eigenvalue weighted by molar-refractivity contribution is 5.27. The van der Waals surface area contributed by atoms with Crippen molar-refractivity contribution >= 4 is 0 Å². The Hall–Kier alpha value is -1.92. The number of phenolic OH excluding ortho intramolecular Hbond substituents is 1. The maximum absolute atomic E-state index is 9.50. The number of phenols is 1. The number of hydrogen-bond donors (Lipinski definition) is 1. The van der Waals surface area contributed by atoms with Gasteiger partial charge < -0.3 is 5.11 Å². The van der Waals surface area contributed by atoms with Crippen molar-refractivity contribution < 1.29 is 5.11 Å². The fourth-order valence-corrected chi connectivity index (χ4v) is 2.68. The minimum absolute atomic E-state index is 0.346. The fourth-order valence-electron chi connectivity index (χ4n) is 2.68. The molecule has 0 spiro atoms. The van der Waals surface area contributed by atoms with Crippen molar-refractivity contribution in [2.45, 2.75) is 13.1 Å². The third kappa shape index (κ3) is 4.03. The Morgan fingerprint density at radius 1 is 1.05 bits per heavy atom. The van der Waals surface area contributed by atoms with Crippen molar-refractivity contribution in [3.05, 3.63) is 42.5 Å². The standard InChI is InChI=1S/C15H21N5O/c21-15-3-1-2-14(10-15)11-19-6-4-18(5-7-19)8-9-20-13-16-12-17-20/h1-3,10,12-13,21H,4-9,11H2. The highest BCUT2D eigenvalue weighted by Gasteiger charge is 2.16. The van der Waals surface area contributed by atoms with E-state index in [1.54, 1.807) is 18.7 Å². The monoisotopic (exact) mass is 287 g/mol. The minimum atomic E-state index is 0.346. The van der Waals surface area contributed by atoms with E-state index >= 15 is 0 Å². The molecule has 0 radical (unpaired) electrons. The van der Waals surface area contributed by atoms with Crippen LogP contribution in [0.5, 0.6) is 5.75 Å². The van der Waals surface area contributed by atoms with Gasteiger partial charge >= 0.3 is 0 Å². The zero-order valence-electron chi connectivity index (χ0n) is 12.1. The molecule has 1 aliphatic rings. The van der Waals surface area contributed by atoms with Crippen LogP contribution in [-0.2, 0) is 13.1 Å². The van der Waals surface area contributed by atoms with Crippen molar-refractivity contribution in [2.75, 3.05) is 32.7 Å². The predicted molar refractivity (Wildman–Crippen MR) is 79.8 cm³/mol. The van der Waals surface area contributed by atoms with Crippen LogP contribution in [-0.4, -0.2) is 62.4 Å². The van der Waals surface area contributed by atoms with Gasteiger partial charge in [0.25, 0.3) is 0 Å². The number of piperazine rings is 1. The minimum Gasteiger partial charge on any atom is -0.508 e. The molecule has 6 heteroatoms. The molecule has 1 saturated heterocycles. The summed E-state index contributed by atoms with van der Waals surface area (Å²) in [6, 6.07) is 7.53. The van der Waals surface area contributed by atoms with Gasteiger partial charge in [-0.25, -0.2) is 4.98 Å². The largest absolute Gasteiger partial charge is 0.508 e. The molecule has 112 valence electrons. The molecule has 6 nitrogen and oxygen atoms in total. The van der Waals surface area contributed by atoms with Crippen molar-refractivity contribution in [1.29, 1.82) is 0 Å². The smallest absolute Gasteiger partial charge is 0.137 e. The first-order chi connectivity index (χ1) is 10.3. The van der Waals surface area contributed by atoms with Crippen LogP contribution in [0.2, 0.25) is 0 Å². The molecule has 3 rings (SSSR count). The zero-order valence-corrected chi connectivity index (χ0v) is 12.1. The molecule has 0 aliphatic carbocycles. The summed E-state index contributed by atoms with van der Waals surface area (Å²) < 4.78 is 1.87. The van der Waals surface area contributed by atoms with Crippen LogP contribution in [0, 0.1) is 0 Å². The third-order valence-corrected chi connectivity index (χ3v) is 3.89. The number of benzene rings is 1. The average molecular weight is 287 g/mol. The van der Waals surface area contributed by atoms with Crippen molar-refractivity contribution in [3.63, 3.8) is 0 Å². The van der Waals surface area contributed by atoms with E-state index in [1.165, 1.54) is 5.56 Å². The lowest BCUT2D eigenvalue weighted by Crippen LogP contribution is -2.46. The van der Waals surface area contributed by atoms with Gasteiger partial charge in [0.1, 0.15) is 18.4 Å². The summed E-state index contributed by atoms with van der Waals surface area (Å²) in [4.78, 5) is 8.85. The molecule has 2 aromatic rings. The Balaban J connectivity index is 1.42. The molecule has 1 aromatic carbocycles. The van der Waals surface area contributed by atoms with Crippen LogP contribution in [0.3, 0.4) is 0 Å². The van der Waals surface area contributed by atoms with E-state index in [1.807, 2.05) is 16.8 Å². The molecule has 2 heterocycles. The maximum Gasteiger partial charge on any atom is 0.137 e. The Morgan fingerprint density at radius 3 is 2.57 bits per heavy atom. The molecule has 0 amide bonds. The van der Waals surface area contributed by atoms with Crippen molar-refractivity contribution in [2.24, 2.45) is 0 Å². The SMILES string of the molecule is Oc1cccc(CN2CCN(CCn3cncn3)CC2)c1. The molecule has 1 aromatic heterocycles. The van der Waals surface area contributed by atoms with E-state index in [-0.39, 0.29) is 0 Å². The normalized spacial score (nSPS) is 17.1. The third-order valence-electron chi connectivity index (χ3n) is 3.89. The summed E-state index contributed by atoms with van der Waals surface area (Å²) >= 11 is 0. The molecule has 21 heavy (non-hydrogen) atoms. The van der Waals surface area contributed by atoms with Crippen LogP contribution < -0.4 is 0 Å². The summed E-state index contributed by atoms with van der Waals surface area (Å²) in [5.74, 6) is 0.346. The number of rotatable bonds is 5. The lowest BCUT2D eigenvalue weighted by molar-refractivity contribution is 0.123. The first kappa shape index (κ1) is 14.0. The number of aromatic nitrogens is 3. The molecule has 1 N–H and O–H groups in total. The molecule has 0 saturated carbocycles. The lowest BCUT2D eigenvalue weighted by Gasteiger charge is -2.34. The van der Waals surface area contributed by atoms with E-state index in [2.05, 4.69) is 25.9 Å². The quantitative estimate of drug-likeness (QED) is 0.881. The van der Waals surface area contributed by atoms with Gasteiger partial charge in [0.15, 0.2) is 0 Å². The van der Waals surface area contributed by atoms with Gasteiger partial charge in [-0.2, -0.15) is 5.10 Å². The summed E-state index contributed by atoms with van der Waals surface area (Å²) in [6.07, 6.45) is 3.34. The number of aromatic hydroxyl groups is 1. The van der Waals surface area contributed by atoms with Gasteiger partial charge in [0, 0.05) is 39.3 Å². The van der Waals surface area contributed by atoms with Gasteiger partial charge in [-0.3, -0.25) is 14.5 Å². The highest BCUT2D eigenvalue weighted by Crippen LogP contribution is 2.14. The van der Waals surface area contributed by atoms with Crippen LogP contribution >= 0.6 is 0 Å². The van der Waals surface area contributed by atoms with Gasteiger partial charge in [-0.15, -0.1) is 0 Å². The summed E-state index contributed by atoms with van der Waals surface area (Å²) in [6.45, 7) is 7.10. The second kappa shape index (κ2) is 6.69. The summed E-state index contributed by atoms with van der Waals surface area (Å²) in [7, 11) is 0. The van der Waals surface area contributed by atoms with E-state index in [9.17, 15) is 5.11 Å². The molecule has 0 atom stereocenters. The Kier molecular flexibility index (Phi) is 4.47. The van der Waals surface area contributed by atoms with Crippen LogP contribution in [0.4, 0.5) is 0 Å². The highest BCUT2D eigenvalue weighted by atomic mass is 16.3. The first-order valence-corrected chi connectivity index (χ1v) is 7.34. The second-order valence-corrected chi connectivity index (χ2v) is 5.45. The predicted octanol–water partition coefficient (Wildman–Crippen LogP) is 0.801. The second-order valence-electron chi connectivity index (χ2n) is 5.45. The summed E-state index contributed by atoms with van der Waals surface area (Å²) in [5, 5.41) is 13.6. The van der Waals surface area contributed by atoms with Gasteiger partial charge in [0.05, 0.1) is 6.54 Å². The van der Waals surface area contributed by atoms with Crippen LogP contribution in [0.15, 0.2) is 36.9 Å². The average Bonchev–Trinajstić information content (AvgIpc) is 3.00. The number of nitrogens with zero attached hydrogens (tertiary/aromatic N) is 5. The molecule has 0 bridgehead atoms. The Labute approximate surface area is 124 Å². The van der Waals surface area contributed by atoms with Gasteiger partial charge in [-0.05, 0) is 17.7 Å². The molecular weight excluding hydrogens is 266 g/mol. The topological polar surface area (TPSA) is 57.4 Å². The van der Waals surface area contributed by atoms with Crippen molar-refractivity contribution in [1.82, 2.24) is 24.6 Å². The molecular formula is C15H21N5O.